The van der Waals surface area contributed by atoms with E-state index in [1.807, 2.05) is 0 Å². The summed E-state index contributed by atoms with van der Waals surface area (Å²) in [6, 6.07) is 6.81. The van der Waals surface area contributed by atoms with Crippen molar-refractivity contribution in [2.45, 2.75) is 0 Å². The van der Waals surface area contributed by atoms with Crippen molar-refractivity contribution < 1.29 is 28.4 Å². The van der Waals surface area contributed by atoms with E-state index in [0.717, 1.165) is 0 Å². The molecular weight excluding hydrogens is 590 g/mol. The van der Waals surface area contributed by atoms with Crippen molar-refractivity contribution in [3.05, 3.63) is 54.7 Å². The van der Waals surface area contributed by atoms with Gasteiger partial charge in [0.05, 0.1) is 24.1 Å². The number of amides is 2. The number of ketones is 1. The van der Waals surface area contributed by atoms with Crippen molar-refractivity contribution in [3.8, 4) is 0 Å². The Kier molecular flexibility index (Phi) is 7.18. The fourth-order valence-corrected chi connectivity index (χ4v) is 3.07. The number of Topliss-reactive ketones (excluding diaryl/α,β-unsaturated/α-hetero) is 1. The van der Waals surface area contributed by atoms with E-state index >= 15 is 0 Å². The molecule has 7 nitrogen and oxygen atoms in total. The molecule has 3 rings (SSSR count). The highest BCUT2D eigenvalue weighted by atomic mass is 127. The van der Waals surface area contributed by atoms with E-state index in [-0.39, 0.29) is 14.8 Å². The molecule has 0 fully saturated rings. The normalized spacial score (nSPS) is 12.3. The number of nitrogens with zero attached hydrogens (tertiary/aromatic N) is 1. The predicted molar refractivity (Wildman–Crippen MR) is 110 cm³/mol. The first-order chi connectivity index (χ1) is 12.8. The lowest BCUT2D eigenvalue weighted by atomic mass is 10.1. The molecule has 0 atom stereocenters. The van der Waals surface area contributed by atoms with Gasteiger partial charge in [-0.25, -0.2) is 8.78 Å². The topological polar surface area (TPSA) is 108 Å². The van der Waals surface area contributed by atoms with Gasteiger partial charge in [-0.05, 0) is 69.4 Å². The first-order valence-corrected chi connectivity index (χ1v) is 9.18. The van der Waals surface area contributed by atoms with Crippen LogP contribution in [0.2, 0.25) is 0 Å². The summed E-state index contributed by atoms with van der Waals surface area (Å²) < 4.78 is 26.5. The van der Waals surface area contributed by atoms with E-state index < -0.39 is 29.2 Å². The smallest absolute Gasteiger partial charge is 0.296 e. The van der Waals surface area contributed by atoms with E-state index in [4.69, 9.17) is 5.21 Å². The second-order valence-corrected chi connectivity index (χ2v) is 7.06. The van der Waals surface area contributed by atoms with Crippen molar-refractivity contribution in [2.75, 3.05) is 10.6 Å². The number of fused-ring (bicyclic) bond motifs is 1. The molecule has 140 valence electrons. The summed E-state index contributed by atoms with van der Waals surface area (Å²) in [5.41, 5.74) is 0.877. The first kappa shape index (κ1) is 21.1. The van der Waals surface area contributed by atoms with Gasteiger partial charge in [-0.3, -0.25) is 14.4 Å². The van der Waals surface area contributed by atoms with Crippen molar-refractivity contribution in [3.63, 3.8) is 0 Å². The van der Waals surface area contributed by atoms with Gasteiger partial charge in [0.1, 0.15) is 17.8 Å². The van der Waals surface area contributed by atoms with Crippen LogP contribution in [-0.2, 0) is 9.59 Å². The third-order valence-corrected chi connectivity index (χ3v) is 5.32. The van der Waals surface area contributed by atoms with Gasteiger partial charge in [-0.2, -0.15) is 0 Å². The van der Waals surface area contributed by atoms with Crippen LogP contribution in [0.5, 0.6) is 0 Å². The summed E-state index contributed by atoms with van der Waals surface area (Å²) in [7, 11) is 0. The van der Waals surface area contributed by atoms with E-state index in [1.165, 1.54) is 24.3 Å². The number of carbonyl (C=O) groups is 3. The van der Waals surface area contributed by atoms with Gasteiger partial charge in [-0.15, -0.1) is 0 Å². The van der Waals surface area contributed by atoms with Crippen molar-refractivity contribution in [1.82, 2.24) is 0 Å². The Morgan fingerprint density at radius 1 is 1.11 bits per heavy atom. The van der Waals surface area contributed by atoms with Crippen molar-refractivity contribution in [2.24, 2.45) is 5.16 Å². The molecule has 1 aliphatic rings. The van der Waals surface area contributed by atoms with Gasteiger partial charge in [0, 0.05) is 0 Å². The van der Waals surface area contributed by atoms with Crippen molar-refractivity contribution >= 4 is 80.4 Å². The summed E-state index contributed by atoms with van der Waals surface area (Å²) in [4.78, 5) is 33.0. The molecule has 0 saturated carbocycles. The SMILES string of the molecule is O=C(C=NO)Nc1cccc(F)c1I.O=C1Nc2c(ccc(F)c2I)C1=O. The van der Waals surface area contributed by atoms with Crippen LogP contribution in [0.1, 0.15) is 10.4 Å². The molecule has 0 aromatic heterocycles. The maximum atomic E-state index is 13.0. The Bertz CT molecular complexity index is 967. The average molecular weight is 599 g/mol. The number of rotatable bonds is 2. The quantitative estimate of drug-likeness (QED) is 0.162. The maximum Gasteiger partial charge on any atom is 0.296 e. The molecule has 0 bridgehead atoms. The lowest BCUT2D eigenvalue weighted by molar-refractivity contribution is -0.112. The van der Waals surface area contributed by atoms with E-state index in [9.17, 15) is 23.2 Å². The molecule has 1 aliphatic heterocycles. The van der Waals surface area contributed by atoms with Gasteiger partial charge < -0.3 is 15.8 Å². The molecule has 0 aliphatic carbocycles. The van der Waals surface area contributed by atoms with E-state index in [1.54, 1.807) is 51.2 Å². The number of benzene rings is 2. The summed E-state index contributed by atoms with van der Waals surface area (Å²) in [5.74, 6) is -2.76. The largest absolute Gasteiger partial charge is 0.411 e. The third kappa shape index (κ3) is 4.97. The molecule has 2 aromatic carbocycles. The highest BCUT2D eigenvalue weighted by Crippen LogP contribution is 2.30. The summed E-state index contributed by atoms with van der Waals surface area (Å²) in [6.45, 7) is 0. The summed E-state index contributed by atoms with van der Waals surface area (Å²) in [5, 5.41) is 15.3. The molecule has 0 unspecified atom stereocenters. The Morgan fingerprint density at radius 2 is 1.78 bits per heavy atom. The molecule has 2 amide bonds. The predicted octanol–water partition coefficient (Wildman–Crippen LogP) is 3.39. The number of carbonyl (C=O) groups excluding carboxylic acids is 3. The molecule has 11 heteroatoms. The van der Waals surface area contributed by atoms with Crippen LogP contribution in [0.15, 0.2) is 35.5 Å². The van der Waals surface area contributed by atoms with Gasteiger partial charge in [0.15, 0.2) is 0 Å². The fourth-order valence-electron chi connectivity index (χ4n) is 1.97. The monoisotopic (exact) mass is 599 g/mol. The van der Waals surface area contributed by atoms with Crippen LogP contribution in [0.25, 0.3) is 0 Å². The van der Waals surface area contributed by atoms with Crippen LogP contribution in [0, 0.1) is 18.8 Å². The number of oxime groups is 1. The standard InChI is InChI=1S/C8H6FIN2O2.C8H3FINO2/c9-5-2-1-3-6(8(5)10)12-7(13)4-11-14;9-4-2-1-3-6(5(4)10)11-8(13)7(3)12/h1-4,14H,(H,12,13);1-2H,(H,11,12,13). The minimum atomic E-state index is -0.696. The lowest BCUT2D eigenvalue weighted by Gasteiger charge is -2.04. The average Bonchev–Trinajstić information content (AvgIpc) is 2.92. The van der Waals surface area contributed by atoms with E-state index in [0.29, 0.717) is 15.5 Å². The fraction of sp³-hybridized carbons (Fsp3) is 0. The molecule has 1 heterocycles. The number of anilines is 2. The molecule has 27 heavy (non-hydrogen) atoms. The Morgan fingerprint density at radius 3 is 2.44 bits per heavy atom. The van der Waals surface area contributed by atoms with Crippen LogP contribution in [0.3, 0.4) is 0 Å². The second-order valence-electron chi connectivity index (χ2n) is 4.90. The zero-order valence-electron chi connectivity index (χ0n) is 13.1. The summed E-state index contributed by atoms with van der Waals surface area (Å²) >= 11 is 3.52. The number of nitrogens with one attached hydrogen (secondary N) is 2. The van der Waals surface area contributed by atoms with Gasteiger partial charge in [0.25, 0.3) is 17.6 Å². The van der Waals surface area contributed by atoms with Crippen LogP contribution in [-0.4, -0.2) is 29.0 Å². The minimum absolute atomic E-state index is 0.246. The molecule has 2 aromatic rings. The maximum absolute atomic E-state index is 13.0. The van der Waals surface area contributed by atoms with Crippen LogP contribution < -0.4 is 10.6 Å². The molecule has 0 saturated heterocycles. The van der Waals surface area contributed by atoms with Gasteiger partial charge in [0.2, 0.25) is 0 Å². The molecular formula is C16H9F2I2N3O4. The third-order valence-electron chi connectivity index (χ3n) is 3.17. The second kappa shape index (κ2) is 9.16. The first-order valence-electron chi connectivity index (χ1n) is 7.02. The van der Waals surface area contributed by atoms with Crippen LogP contribution >= 0.6 is 45.2 Å². The molecule has 0 radical (unpaired) electrons. The number of halogens is 4. The van der Waals surface area contributed by atoms with Crippen LogP contribution in [0.4, 0.5) is 20.2 Å². The number of hydrogen-bond donors (Lipinski definition) is 3. The van der Waals surface area contributed by atoms with E-state index in [2.05, 4.69) is 15.8 Å². The molecule has 0 spiro atoms. The zero-order valence-corrected chi connectivity index (χ0v) is 17.4. The Hall–Kier alpha value is -2.16. The molecule has 3 N–H and O–H groups in total. The van der Waals surface area contributed by atoms with Crippen molar-refractivity contribution in [1.29, 1.82) is 0 Å². The highest BCUT2D eigenvalue weighted by molar-refractivity contribution is 14.1. The lowest BCUT2D eigenvalue weighted by Crippen LogP contribution is -2.13. The minimum Gasteiger partial charge on any atom is -0.411 e. The zero-order chi connectivity index (χ0) is 20.1. The Balaban J connectivity index is 0.000000194. The number of hydrogen-bond acceptors (Lipinski definition) is 5. The van der Waals surface area contributed by atoms with Gasteiger partial charge >= 0.3 is 0 Å². The summed E-state index contributed by atoms with van der Waals surface area (Å²) in [6.07, 6.45) is 0.695. The Labute approximate surface area is 178 Å². The van der Waals surface area contributed by atoms with Gasteiger partial charge in [-0.1, -0.05) is 11.2 Å². The highest BCUT2D eigenvalue weighted by Gasteiger charge is 2.30.